The standard InChI is InChI=1S/C13H17N3O5/c17-8-12-9-21-6-5-15(12)7-13(18)14-10-1-3-11(4-2-10)16(19)20/h1-4,12,17H,5-9H2,(H,14,18). The highest BCUT2D eigenvalue weighted by atomic mass is 16.6. The zero-order valence-corrected chi connectivity index (χ0v) is 11.4. The van der Waals surface area contributed by atoms with Gasteiger partial charge in [-0.2, -0.15) is 0 Å². The van der Waals surface area contributed by atoms with Gasteiger partial charge >= 0.3 is 0 Å². The van der Waals surface area contributed by atoms with Crippen molar-refractivity contribution in [1.82, 2.24) is 4.90 Å². The third-order valence-corrected chi connectivity index (χ3v) is 3.27. The monoisotopic (exact) mass is 295 g/mol. The molecule has 8 nitrogen and oxygen atoms in total. The number of carbonyl (C=O) groups excluding carboxylic acids is 1. The lowest BCUT2D eigenvalue weighted by atomic mass is 10.2. The highest BCUT2D eigenvalue weighted by Crippen LogP contribution is 2.15. The number of amides is 1. The summed E-state index contributed by atoms with van der Waals surface area (Å²) in [5, 5.41) is 22.4. The van der Waals surface area contributed by atoms with Crippen molar-refractivity contribution in [3.8, 4) is 0 Å². The van der Waals surface area contributed by atoms with Gasteiger partial charge in [0.1, 0.15) is 0 Å². The van der Waals surface area contributed by atoms with Gasteiger partial charge in [-0.3, -0.25) is 19.8 Å². The fourth-order valence-corrected chi connectivity index (χ4v) is 2.12. The Bertz CT molecular complexity index is 505. The summed E-state index contributed by atoms with van der Waals surface area (Å²) in [4.78, 5) is 23.9. The third-order valence-electron chi connectivity index (χ3n) is 3.27. The molecule has 0 saturated carbocycles. The number of aliphatic hydroxyl groups excluding tert-OH is 1. The van der Waals surface area contributed by atoms with Crippen LogP contribution in [-0.2, 0) is 9.53 Å². The number of anilines is 1. The summed E-state index contributed by atoms with van der Waals surface area (Å²) >= 11 is 0. The average Bonchev–Trinajstić information content (AvgIpc) is 2.48. The first kappa shape index (κ1) is 15.4. The maximum absolute atomic E-state index is 12.0. The van der Waals surface area contributed by atoms with Gasteiger partial charge in [0.15, 0.2) is 0 Å². The molecule has 1 fully saturated rings. The second kappa shape index (κ2) is 7.11. The van der Waals surface area contributed by atoms with Crippen LogP contribution in [-0.4, -0.2) is 59.8 Å². The Morgan fingerprint density at radius 1 is 1.48 bits per heavy atom. The minimum absolute atomic E-state index is 0.0264. The minimum atomic E-state index is -0.495. The lowest BCUT2D eigenvalue weighted by Crippen LogP contribution is -2.50. The van der Waals surface area contributed by atoms with Crippen molar-refractivity contribution in [1.29, 1.82) is 0 Å². The van der Waals surface area contributed by atoms with E-state index in [1.807, 2.05) is 4.90 Å². The summed E-state index contributed by atoms with van der Waals surface area (Å²) in [5.41, 5.74) is 0.473. The molecule has 0 bridgehead atoms. The van der Waals surface area contributed by atoms with Crippen LogP contribution in [0.15, 0.2) is 24.3 Å². The van der Waals surface area contributed by atoms with Gasteiger partial charge in [-0.05, 0) is 12.1 Å². The van der Waals surface area contributed by atoms with E-state index in [9.17, 15) is 20.0 Å². The number of hydrogen-bond acceptors (Lipinski definition) is 6. The van der Waals surface area contributed by atoms with Gasteiger partial charge in [0.2, 0.25) is 5.91 Å². The van der Waals surface area contributed by atoms with Crippen LogP contribution in [0.4, 0.5) is 11.4 Å². The van der Waals surface area contributed by atoms with Crippen molar-refractivity contribution >= 4 is 17.3 Å². The Labute approximate surface area is 121 Å². The molecule has 1 atom stereocenters. The van der Waals surface area contributed by atoms with E-state index in [-0.39, 0.29) is 30.8 Å². The molecule has 0 spiro atoms. The molecule has 21 heavy (non-hydrogen) atoms. The van der Waals surface area contributed by atoms with Crippen molar-refractivity contribution in [2.45, 2.75) is 6.04 Å². The average molecular weight is 295 g/mol. The molecule has 2 N–H and O–H groups in total. The van der Waals surface area contributed by atoms with E-state index in [2.05, 4.69) is 5.32 Å². The summed E-state index contributed by atoms with van der Waals surface area (Å²) in [6.45, 7) is 1.60. The van der Waals surface area contributed by atoms with Crippen LogP contribution in [0.5, 0.6) is 0 Å². The first-order chi connectivity index (χ1) is 10.1. The van der Waals surface area contributed by atoms with E-state index < -0.39 is 4.92 Å². The molecule has 1 amide bonds. The second-order valence-electron chi connectivity index (χ2n) is 4.73. The van der Waals surface area contributed by atoms with Gasteiger partial charge in [-0.1, -0.05) is 0 Å². The summed E-state index contributed by atoms with van der Waals surface area (Å²) in [5.74, 6) is -0.232. The molecule has 1 aromatic carbocycles. The molecule has 1 unspecified atom stereocenters. The Morgan fingerprint density at radius 2 is 2.19 bits per heavy atom. The van der Waals surface area contributed by atoms with Crippen LogP contribution in [0.2, 0.25) is 0 Å². The molecule has 1 saturated heterocycles. The van der Waals surface area contributed by atoms with E-state index in [0.29, 0.717) is 25.4 Å². The van der Waals surface area contributed by atoms with E-state index >= 15 is 0 Å². The first-order valence-corrected chi connectivity index (χ1v) is 6.57. The lowest BCUT2D eigenvalue weighted by Gasteiger charge is -2.33. The van der Waals surface area contributed by atoms with Gasteiger partial charge in [0, 0.05) is 24.4 Å². The van der Waals surface area contributed by atoms with E-state index in [4.69, 9.17) is 4.74 Å². The molecule has 114 valence electrons. The minimum Gasteiger partial charge on any atom is -0.395 e. The predicted molar refractivity (Wildman–Crippen MR) is 75.0 cm³/mol. The summed E-state index contributed by atoms with van der Waals surface area (Å²) in [7, 11) is 0. The van der Waals surface area contributed by atoms with Gasteiger partial charge in [-0.15, -0.1) is 0 Å². The Kier molecular flexibility index (Phi) is 5.20. The van der Waals surface area contributed by atoms with Gasteiger partial charge in [-0.25, -0.2) is 0 Å². The topological polar surface area (TPSA) is 105 Å². The number of morpholine rings is 1. The number of ether oxygens (including phenoxy) is 1. The number of aliphatic hydroxyl groups is 1. The normalized spacial score (nSPS) is 19.2. The molecule has 0 radical (unpaired) electrons. The van der Waals surface area contributed by atoms with Crippen LogP contribution in [0, 0.1) is 10.1 Å². The number of nitrogens with one attached hydrogen (secondary N) is 1. The van der Waals surface area contributed by atoms with Crippen molar-refractivity contribution < 1.29 is 19.6 Å². The predicted octanol–water partition coefficient (Wildman–Crippen LogP) is 0.226. The molecule has 1 aromatic rings. The summed E-state index contributed by atoms with van der Waals surface area (Å²) in [6, 6.07) is 5.46. The zero-order valence-electron chi connectivity index (χ0n) is 11.4. The number of nitro benzene ring substituents is 1. The number of nitro groups is 1. The van der Waals surface area contributed by atoms with Gasteiger partial charge in [0.05, 0.1) is 37.3 Å². The molecule has 1 aliphatic rings. The highest BCUT2D eigenvalue weighted by molar-refractivity contribution is 5.92. The number of carbonyl (C=O) groups is 1. The van der Waals surface area contributed by atoms with Gasteiger partial charge < -0.3 is 15.2 Å². The molecule has 1 aliphatic heterocycles. The van der Waals surface area contributed by atoms with E-state index in [1.165, 1.54) is 24.3 Å². The smallest absolute Gasteiger partial charge is 0.269 e. The molecule has 2 rings (SSSR count). The first-order valence-electron chi connectivity index (χ1n) is 6.57. The largest absolute Gasteiger partial charge is 0.395 e. The zero-order chi connectivity index (χ0) is 15.2. The Balaban J connectivity index is 1.90. The molecule has 0 aromatic heterocycles. The summed E-state index contributed by atoms with van der Waals surface area (Å²) in [6.07, 6.45) is 0. The van der Waals surface area contributed by atoms with Crippen LogP contribution in [0.1, 0.15) is 0 Å². The quantitative estimate of drug-likeness (QED) is 0.595. The SMILES string of the molecule is O=C(CN1CCOCC1CO)Nc1ccc([N+](=O)[O-])cc1. The van der Waals surface area contributed by atoms with Crippen molar-refractivity contribution in [3.63, 3.8) is 0 Å². The fourth-order valence-electron chi connectivity index (χ4n) is 2.12. The van der Waals surface area contributed by atoms with Crippen LogP contribution in [0.3, 0.4) is 0 Å². The number of non-ortho nitro benzene ring substituents is 1. The second-order valence-corrected chi connectivity index (χ2v) is 4.73. The highest BCUT2D eigenvalue weighted by Gasteiger charge is 2.24. The van der Waals surface area contributed by atoms with Crippen LogP contribution >= 0.6 is 0 Å². The van der Waals surface area contributed by atoms with Crippen molar-refractivity contribution in [2.24, 2.45) is 0 Å². The number of hydrogen-bond donors (Lipinski definition) is 2. The van der Waals surface area contributed by atoms with Crippen molar-refractivity contribution in [3.05, 3.63) is 34.4 Å². The Morgan fingerprint density at radius 3 is 2.81 bits per heavy atom. The molecule has 1 heterocycles. The molecular formula is C13H17N3O5. The van der Waals surface area contributed by atoms with Crippen LogP contribution < -0.4 is 5.32 Å². The fraction of sp³-hybridized carbons (Fsp3) is 0.462. The number of benzene rings is 1. The van der Waals surface area contributed by atoms with Crippen molar-refractivity contribution in [2.75, 3.05) is 38.2 Å². The van der Waals surface area contributed by atoms with Crippen LogP contribution in [0.25, 0.3) is 0 Å². The van der Waals surface area contributed by atoms with E-state index in [1.54, 1.807) is 0 Å². The van der Waals surface area contributed by atoms with E-state index in [0.717, 1.165) is 0 Å². The maximum Gasteiger partial charge on any atom is 0.269 e. The molecular weight excluding hydrogens is 278 g/mol. The number of nitrogens with zero attached hydrogens (tertiary/aromatic N) is 2. The third kappa shape index (κ3) is 4.22. The number of rotatable bonds is 5. The van der Waals surface area contributed by atoms with Gasteiger partial charge in [0.25, 0.3) is 5.69 Å². The molecule has 8 heteroatoms. The Hall–Kier alpha value is -2.03. The summed E-state index contributed by atoms with van der Waals surface area (Å²) < 4.78 is 5.24. The lowest BCUT2D eigenvalue weighted by molar-refractivity contribution is -0.384. The molecule has 0 aliphatic carbocycles. The maximum atomic E-state index is 12.0.